The van der Waals surface area contributed by atoms with Crippen LogP contribution in [0.4, 0.5) is 4.39 Å². The molecule has 0 aliphatic rings. The van der Waals surface area contributed by atoms with Gasteiger partial charge in [0.15, 0.2) is 0 Å². The quantitative estimate of drug-likeness (QED) is 0.252. The van der Waals surface area contributed by atoms with Crippen molar-refractivity contribution in [1.82, 2.24) is 0 Å². The highest BCUT2D eigenvalue weighted by molar-refractivity contribution is 4.51. The van der Waals surface area contributed by atoms with Gasteiger partial charge in [-0.2, -0.15) is 0 Å². The summed E-state index contributed by atoms with van der Waals surface area (Å²) in [6.45, 7) is 2.35. The van der Waals surface area contributed by atoms with Gasteiger partial charge in [0.2, 0.25) is 0 Å². The van der Waals surface area contributed by atoms with Crippen LogP contribution in [-0.2, 0) is 4.74 Å². The molecule has 146 valence electrons. The molecule has 0 aromatic rings. The summed E-state index contributed by atoms with van der Waals surface area (Å²) in [4.78, 5) is 0. The molecule has 24 heavy (non-hydrogen) atoms. The van der Waals surface area contributed by atoms with Crippen molar-refractivity contribution in [3.05, 3.63) is 0 Å². The fraction of sp³-hybridized carbons (Fsp3) is 1.00. The van der Waals surface area contributed by atoms with E-state index in [2.05, 4.69) is 6.92 Å². The second-order valence-electron chi connectivity index (χ2n) is 7.19. The topological polar surface area (TPSA) is 29.5 Å². The molecule has 1 atom stereocenters. The minimum Gasteiger partial charge on any atom is -0.388 e. The van der Waals surface area contributed by atoms with E-state index in [4.69, 9.17) is 9.84 Å². The molecule has 0 aliphatic heterocycles. The lowest BCUT2D eigenvalue weighted by atomic mass is 10.0. The second kappa shape index (κ2) is 20.9. The number of ether oxygens (including phenoxy) is 1. The van der Waals surface area contributed by atoms with Crippen molar-refractivity contribution in [3.8, 4) is 0 Å². The van der Waals surface area contributed by atoms with Gasteiger partial charge in [-0.25, -0.2) is 4.39 Å². The minimum atomic E-state index is -0.939. The molecule has 0 spiro atoms. The van der Waals surface area contributed by atoms with E-state index in [-0.39, 0.29) is 6.61 Å². The lowest BCUT2D eigenvalue weighted by Crippen LogP contribution is -2.17. The average Bonchev–Trinajstić information content (AvgIpc) is 2.60. The highest BCUT2D eigenvalue weighted by atomic mass is 19.1. The molecule has 0 aliphatic carbocycles. The lowest BCUT2D eigenvalue weighted by Gasteiger charge is -2.07. The normalized spacial score (nSPS) is 12.6. The van der Waals surface area contributed by atoms with Crippen LogP contribution in [-0.4, -0.2) is 31.1 Å². The Labute approximate surface area is 150 Å². The maximum Gasteiger partial charge on any atom is 0.118 e. The first-order chi connectivity index (χ1) is 11.8. The third-order valence-corrected chi connectivity index (χ3v) is 4.63. The Bertz CT molecular complexity index is 224. The van der Waals surface area contributed by atoms with Crippen LogP contribution in [0.15, 0.2) is 0 Å². The number of alkyl halides is 1. The van der Waals surface area contributed by atoms with Crippen molar-refractivity contribution >= 4 is 0 Å². The second-order valence-corrected chi connectivity index (χ2v) is 7.19. The van der Waals surface area contributed by atoms with E-state index >= 15 is 0 Å². The molecule has 3 heteroatoms. The van der Waals surface area contributed by atoms with Crippen molar-refractivity contribution in [3.63, 3.8) is 0 Å². The molecular weight excluding hydrogens is 303 g/mol. The number of hydrogen-bond donors (Lipinski definition) is 1. The molecule has 1 N–H and O–H groups in total. The zero-order valence-electron chi connectivity index (χ0n) is 16.2. The predicted molar refractivity (Wildman–Crippen MR) is 102 cm³/mol. The number of aliphatic hydroxyl groups is 1. The summed E-state index contributed by atoms with van der Waals surface area (Å²) in [6, 6.07) is 0. The van der Waals surface area contributed by atoms with Gasteiger partial charge in [-0.3, -0.25) is 0 Å². The minimum absolute atomic E-state index is 0.134. The maximum atomic E-state index is 12.0. The summed E-state index contributed by atoms with van der Waals surface area (Å²) < 4.78 is 17.2. The van der Waals surface area contributed by atoms with Crippen LogP contribution >= 0.6 is 0 Å². The van der Waals surface area contributed by atoms with E-state index in [9.17, 15) is 4.39 Å². The Morgan fingerprint density at radius 1 is 0.667 bits per heavy atom. The van der Waals surface area contributed by atoms with E-state index in [0.717, 1.165) is 6.42 Å². The monoisotopic (exact) mass is 346 g/mol. The van der Waals surface area contributed by atoms with Crippen LogP contribution in [0.25, 0.3) is 0 Å². The van der Waals surface area contributed by atoms with Crippen LogP contribution in [0.3, 0.4) is 0 Å². The predicted octanol–water partition coefficient (Wildman–Crippen LogP) is 6.59. The SMILES string of the molecule is CCCCCCCCCCCCCCCCCCOCC(O)CF. The largest absolute Gasteiger partial charge is 0.388 e. The van der Waals surface area contributed by atoms with E-state index < -0.39 is 12.8 Å². The first-order valence-corrected chi connectivity index (χ1v) is 10.6. The molecule has 0 rings (SSSR count). The Morgan fingerprint density at radius 2 is 1.04 bits per heavy atom. The third kappa shape index (κ3) is 19.9. The van der Waals surface area contributed by atoms with Gasteiger partial charge in [-0.1, -0.05) is 103 Å². The number of aliphatic hydroxyl groups excluding tert-OH is 1. The Kier molecular flexibility index (Phi) is 20.8. The molecule has 0 aromatic carbocycles. The molecule has 0 aromatic heterocycles. The number of halogens is 1. The standard InChI is InChI=1S/C21H43FO2/c1-2-3-4-5-6-7-8-9-10-11-12-13-14-15-16-17-18-24-20-21(23)19-22/h21,23H,2-20H2,1H3. The van der Waals surface area contributed by atoms with Crippen molar-refractivity contribution < 1.29 is 14.2 Å². The fourth-order valence-electron chi connectivity index (χ4n) is 3.02. The van der Waals surface area contributed by atoms with Gasteiger partial charge < -0.3 is 9.84 Å². The van der Waals surface area contributed by atoms with Gasteiger partial charge >= 0.3 is 0 Å². The van der Waals surface area contributed by atoms with Crippen LogP contribution < -0.4 is 0 Å². The van der Waals surface area contributed by atoms with Crippen LogP contribution in [0.5, 0.6) is 0 Å². The molecule has 0 fully saturated rings. The molecule has 0 saturated heterocycles. The summed E-state index contributed by atoms with van der Waals surface area (Å²) in [5.74, 6) is 0. The summed E-state index contributed by atoms with van der Waals surface area (Å²) in [6.07, 6.45) is 20.8. The van der Waals surface area contributed by atoms with E-state index in [1.807, 2.05) is 0 Å². The van der Waals surface area contributed by atoms with E-state index in [1.54, 1.807) is 0 Å². The van der Waals surface area contributed by atoms with Crippen molar-refractivity contribution in [1.29, 1.82) is 0 Å². The molecule has 0 bridgehead atoms. The third-order valence-electron chi connectivity index (χ3n) is 4.63. The number of rotatable bonds is 20. The van der Waals surface area contributed by atoms with Gasteiger partial charge in [-0.15, -0.1) is 0 Å². The molecular formula is C21H43FO2. The Balaban J connectivity index is 2.98. The average molecular weight is 347 g/mol. The van der Waals surface area contributed by atoms with Gasteiger partial charge in [0.05, 0.1) is 6.61 Å². The molecule has 0 amide bonds. The Hall–Kier alpha value is -0.150. The smallest absolute Gasteiger partial charge is 0.118 e. The van der Waals surface area contributed by atoms with Gasteiger partial charge in [0.1, 0.15) is 12.8 Å². The molecule has 0 heterocycles. The summed E-state index contributed by atoms with van der Waals surface area (Å²) in [5, 5.41) is 8.99. The first kappa shape index (κ1) is 23.9. The van der Waals surface area contributed by atoms with Gasteiger partial charge in [-0.05, 0) is 6.42 Å². The zero-order valence-corrected chi connectivity index (χ0v) is 16.2. The highest BCUT2D eigenvalue weighted by Gasteiger charge is 2.01. The number of unbranched alkanes of at least 4 members (excludes halogenated alkanes) is 15. The first-order valence-electron chi connectivity index (χ1n) is 10.6. The number of hydrogen-bond acceptors (Lipinski definition) is 2. The summed E-state index contributed by atoms with van der Waals surface area (Å²) in [7, 11) is 0. The van der Waals surface area contributed by atoms with Crippen LogP contribution in [0.2, 0.25) is 0 Å². The van der Waals surface area contributed by atoms with Crippen LogP contribution in [0, 0.1) is 0 Å². The van der Waals surface area contributed by atoms with Crippen LogP contribution in [0.1, 0.15) is 110 Å². The zero-order chi connectivity index (χ0) is 17.7. The molecule has 0 radical (unpaired) electrons. The molecule has 1 unspecified atom stereocenters. The fourth-order valence-corrected chi connectivity index (χ4v) is 3.02. The van der Waals surface area contributed by atoms with Gasteiger partial charge in [0.25, 0.3) is 0 Å². The van der Waals surface area contributed by atoms with Crippen molar-refractivity contribution in [2.75, 3.05) is 19.9 Å². The summed E-state index contributed by atoms with van der Waals surface area (Å²) >= 11 is 0. The highest BCUT2D eigenvalue weighted by Crippen LogP contribution is 2.13. The van der Waals surface area contributed by atoms with E-state index in [0.29, 0.717) is 6.61 Å². The lowest BCUT2D eigenvalue weighted by molar-refractivity contribution is 0.0228. The van der Waals surface area contributed by atoms with Gasteiger partial charge in [0, 0.05) is 6.61 Å². The summed E-state index contributed by atoms with van der Waals surface area (Å²) in [5.41, 5.74) is 0. The molecule has 2 nitrogen and oxygen atoms in total. The Morgan fingerprint density at radius 3 is 1.42 bits per heavy atom. The van der Waals surface area contributed by atoms with Crippen molar-refractivity contribution in [2.24, 2.45) is 0 Å². The van der Waals surface area contributed by atoms with Crippen molar-refractivity contribution in [2.45, 2.75) is 116 Å². The molecule has 0 saturated carbocycles. The maximum absolute atomic E-state index is 12.0. The van der Waals surface area contributed by atoms with E-state index in [1.165, 1.54) is 96.3 Å².